The van der Waals surface area contributed by atoms with E-state index in [2.05, 4.69) is 9.97 Å². The van der Waals surface area contributed by atoms with Crippen molar-refractivity contribution in [2.24, 2.45) is 0 Å². The number of rotatable bonds is 4. The first-order valence-electron chi connectivity index (χ1n) is 5.22. The fourth-order valence-corrected chi connectivity index (χ4v) is 2.50. The van der Waals surface area contributed by atoms with Gasteiger partial charge >= 0.3 is 5.97 Å². The van der Waals surface area contributed by atoms with E-state index in [4.69, 9.17) is 5.11 Å². The summed E-state index contributed by atoms with van der Waals surface area (Å²) in [4.78, 5) is 18.0. The van der Waals surface area contributed by atoms with E-state index < -0.39 is 26.8 Å². The molecular weight excluding hydrogens is 289 g/mol. The van der Waals surface area contributed by atoms with Crippen molar-refractivity contribution < 1.29 is 22.7 Å². The Hall–Kier alpha value is -2.55. The molecule has 0 saturated carbocycles. The molecule has 0 spiro atoms. The Kier molecular flexibility index (Phi) is 3.61. The zero-order valence-electron chi connectivity index (χ0n) is 9.82. The van der Waals surface area contributed by atoms with Crippen LogP contribution in [0.3, 0.4) is 0 Å². The zero-order chi connectivity index (χ0) is 14.8. The van der Waals surface area contributed by atoms with Gasteiger partial charge in [0, 0.05) is 12.4 Å². The summed E-state index contributed by atoms with van der Waals surface area (Å²) in [6.07, 6.45) is 3.32. The second kappa shape index (κ2) is 5.21. The number of halogens is 1. The number of nitrogens with one attached hydrogen (secondary N) is 1. The average Bonchev–Trinajstić information content (AvgIpc) is 2.39. The summed E-state index contributed by atoms with van der Waals surface area (Å²) >= 11 is 0. The van der Waals surface area contributed by atoms with Crippen LogP contribution in [-0.2, 0) is 10.0 Å². The molecule has 0 amide bonds. The lowest BCUT2D eigenvalue weighted by Gasteiger charge is -2.09. The van der Waals surface area contributed by atoms with E-state index in [-0.39, 0.29) is 11.3 Å². The number of anilines is 1. The van der Waals surface area contributed by atoms with E-state index in [1.807, 2.05) is 4.72 Å². The largest absolute Gasteiger partial charge is 0.478 e. The van der Waals surface area contributed by atoms with Crippen molar-refractivity contribution in [3.63, 3.8) is 0 Å². The molecule has 2 heterocycles. The number of pyridine rings is 2. The monoisotopic (exact) mass is 297 g/mol. The molecule has 0 fully saturated rings. The van der Waals surface area contributed by atoms with Crippen LogP contribution in [0.1, 0.15) is 10.4 Å². The number of hydrogen-bond donors (Lipinski definition) is 2. The minimum Gasteiger partial charge on any atom is -0.478 e. The van der Waals surface area contributed by atoms with E-state index in [9.17, 15) is 17.6 Å². The zero-order valence-corrected chi connectivity index (χ0v) is 10.6. The van der Waals surface area contributed by atoms with E-state index in [1.165, 1.54) is 12.3 Å². The van der Waals surface area contributed by atoms with Gasteiger partial charge in [0.1, 0.15) is 0 Å². The summed E-state index contributed by atoms with van der Waals surface area (Å²) in [6.45, 7) is 0. The van der Waals surface area contributed by atoms with Gasteiger partial charge in [0.05, 0.1) is 17.4 Å². The minimum atomic E-state index is -4.34. The van der Waals surface area contributed by atoms with Crippen LogP contribution in [0.25, 0.3) is 0 Å². The number of carboxylic acid groups (broad SMARTS) is 1. The molecule has 2 aromatic heterocycles. The van der Waals surface area contributed by atoms with Gasteiger partial charge in [-0.05, 0) is 18.2 Å². The van der Waals surface area contributed by atoms with Crippen molar-refractivity contribution in [3.8, 4) is 0 Å². The molecule has 0 radical (unpaired) electrons. The Morgan fingerprint density at radius 2 is 2.05 bits per heavy atom. The van der Waals surface area contributed by atoms with Crippen LogP contribution in [0.4, 0.5) is 10.1 Å². The normalized spacial score (nSPS) is 11.1. The smallest absolute Gasteiger partial charge is 0.337 e. The van der Waals surface area contributed by atoms with E-state index >= 15 is 0 Å². The second-order valence-corrected chi connectivity index (χ2v) is 5.22. The SMILES string of the molecule is O=C(O)c1ccncc1NS(=O)(=O)c1ncccc1F. The molecule has 2 N–H and O–H groups in total. The molecule has 0 atom stereocenters. The second-order valence-electron chi connectivity index (χ2n) is 3.62. The molecule has 9 heteroatoms. The number of sulfonamides is 1. The van der Waals surface area contributed by atoms with Gasteiger partial charge in [0.2, 0.25) is 5.03 Å². The number of hydrogen-bond acceptors (Lipinski definition) is 5. The standard InChI is InChI=1S/C11H8FN3O4S/c12-8-2-1-4-14-10(8)20(18,19)15-9-6-13-5-3-7(9)11(16)17/h1-6,15H,(H,16,17). The molecule has 2 aromatic rings. The number of aromatic nitrogens is 2. The number of nitrogens with zero attached hydrogens (tertiary/aromatic N) is 2. The van der Waals surface area contributed by atoms with Crippen LogP contribution in [0.2, 0.25) is 0 Å². The lowest BCUT2D eigenvalue weighted by Crippen LogP contribution is -2.18. The summed E-state index contributed by atoms with van der Waals surface area (Å²) in [6, 6.07) is 3.29. The number of carbonyl (C=O) groups is 1. The Morgan fingerprint density at radius 3 is 2.70 bits per heavy atom. The van der Waals surface area contributed by atoms with Crippen LogP contribution in [0.15, 0.2) is 41.8 Å². The van der Waals surface area contributed by atoms with Gasteiger partial charge in [0.25, 0.3) is 10.0 Å². The van der Waals surface area contributed by atoms with Gasteiger partial charge in [-0.1, -0.05) is 0 Å². The minimum absolute atomic E-state index is 0.273. The van der Waals surface area contributed by atoms with E-state index in [1.54, 1.807) is 0 Å². The molecule has 0 bridgehead atoms. The van der Waals surface area contributed by atoms with Crippen molar-refractivity contribution in [1.29, 1.82) is 0 Å². The van der Waals surface area contributed by atoms with Gasteiger partial charge in [-0.15, -0.1) is 0 Å². The fraction of sp³-hybridized carbons (Fsp3) is 0. The molecule has 0 unspecified atom stereocenters. The molecule has 104 valence electrons. The molecule has 2 rings (SSSR count). The highest BCUT2D eigenvalue weighted by Gasteiger charge is 2.23. The highest BCUT2D eigenvalue weighted by atomic mass is 32.2. The molecule has 0 aliphatic carbocycles. The summed E-state index contributed by atoms with van der Waals surface area (Å²) in [5, 5.41) is 8.12. The molecule has 0 aliphatic rings. The molecule has 0 aromatic carbocycles. The fourth-order valence-electron chi connectivity index (χ4n) is 1.42. The van der Waals surface area contributed by atoms with E-state index in [0.29, 0.717) is 0 Å². The Bertz CT molecular complexity index is 764. The van der Waals surface area contributed by atoms with Crippen molar-refractivity contribution in [2.45, 2.75) is 5.03 Å². The molecule has 0 saturated heterocycles. The highest BCUT2D eigenvalue weighted by Crippen LogP contribution is 2.19. The van der Waals surface area contributed by atoms with Crippen molar-refractivity contribution in [1.82, 2.24) is 9.97 Å². The number of carboxylic acids is 1. The van der Waals surface area contributed by atoms with Crippen molar-refractivity contribution in [3.05, 3.63) is 48.2 Å². The van der Waals surface area contributed by atoms with Gasteiger partial charge in [0.15, 0.2) is 5.82 Å². The Labute approximate surface area is 113 Å². The first-order chi connectivity index (χ1) is 9.42. The highest BCUT2D eigenvalue weighted by molar-refractivity contribution is 7.92. The third-order valence-corrected chi connectivity index (χ3v) is 3.57. The molecule has 20 heavy (non-hydrogen) atoms. The predicted molar refractivity (Wildman–Crippen MR) is 66.2 cm³/mol. The lowest BCUT2D eigenvalue weighted by atomic mass is 10.2. The molecule has 7 nitrogen and oxygen atoms in total. The summed E-state index contributed by atoms with van der Waals surface area (Å²) in [7, 11) is -4.34. The maximum Gasteiger partial charge on any atom is 0.337 e. The van der Waals surface area contributed by atoms with E-state index in [0.717, 1.165) is 24.5 Å². The first-order valence-corrected chi connectivity index (χ1v) is 6.71. The maximum absolute atomic E-state index is 13.4. The van der Waals surface area contributed by atoms with Crippen molar-refractivity contribution >= 4 is 21.7 Å². The van der Waals surface area contributed by atoms with Crippen LogP contribution in [0.5, 0.6) is 0 Å². The topological polar surface area (TPSA) is 109 Å². The summed E-state index contributed by atoms with van der Waals surface area (Å²) < 4.78 is 39.3. The van der Waals surface area contributed by atoms with Gasteiger partial charge in [-0.2, -0.15) is 8.42 Å². The Balaban J connectivity index is 2.45. The quantitative estimate of drug-likeness (QED) is 0.875. The lowest BCUT2D eigenvalue weighted by molar-refractivity contribution is 0.0698. The van der Waals surface area contributed by atoms with Gasteiger partial charge in [-0.3, -0.25) is 9.71 Å². The van der Waals surface area contributed by atoms with Crippen LogP contribution < -0.4 is 4.72 Å². The molecule has 0 aliphatic heterocycles. The summed E-state index contributed by atoms with van der Waals surface area (Å²) in [5.74, 6) is -2.38. The molecular formula is C11H8FN3O4S. The predicted octanol–water partition coefficient (Wildman–Crippen LogP) is 1.11. The van der Waals surface area contributed by atoms with Gasteiger partial charge in [-0.25, -0.2) is 14.2 Å². The number of aromatic carboxylic acids is 1. The third kappa shape index (κ3) is 2.72. The van der Waals surface area contributed by atoms with Crippen LogP contribution in [-0.4, -0.2) is 29.5 Å². The summed E-state index contributed by atoms with van der Waals surface area (Å²) in [5.41, 5.74) is -0.579. The maximum atomic E-state index is 13.4. The first kappa shape index (κ1) is 13.9. The van der Waals surface area contributed by atoms with Crippen LogP contribution >= 0.6 is 0 Å². The van der Waals surface area contributed by atoms with Crippen LogP contribution in [0, 0.1) is 5.82 Å². The van der Waals surface area contributed by atoms with Gasteiger partial charge < -0.3 is 5.11 Å². The average molecular weight is 297 g/mol. The van der Waals surface area contributed by atoms with Crippen molar-refractivity contribution in [2.75, 3.05) is 4.72 Å². The Morgan fingerprint density at radius 1 is 1.30 bits per heavy atom. The third-order valence-electron chi connectivity index (χ3n) is 2.28.